The van der Waals surface area contributed by atoms with Crippen molar-refractivity contribution in [3.8, 4) is 0 Å². The van der Waals surface area contributed by atoms with E-state index in [0.717, 1.165) is 11.4 Å². The molecule has 88 valence electrons. The van der Waals surface area contributed by atoms with Crippen LogP contribution in [0.4, 0.5) is 5.95 Å². The lowest BCUT2D eigenvalue weighted by Gasteiger charge is -2.17. The molecule has 6 nitrogen and oxygen atoms in total. The van der Waals surface area contributed by atoms with E-state index in [4.69, 9.17) is 5.11 Å². The van der Waals surface area contributed by atoms with Gasteiger partial charge in [0.1, 0.15) is 6.04 Å². The van der Waals surface area contributed by atoms with Gasteiger partial charge in [-0.25, -0.2) is 9.78 Å². The Kier molecular flexibility index (Phi) is 3.76. The van der Waals surface area contributed by atoms with Gasteiger partial charge in [-0.05, 0) is 19.8 Å². The third-order valence-electron chi connectivity index (χ3n) is 2.31. The average molecular weight is 224 g/mol. The molecule has 1 rings (SSSR count). The molecule has 2 N–H and O–H groups in total. The molecule has 0 spiro atoms. The number of hydrogen-bond donors (Lipinski definition) is 2. The minimum atomic E-state index is -0.920. The summed E-state index contributed by atoms with van der Waals surface area (Å²) >= 11 is 0. The maximum absolute atomic E-state index is 11.0. The second-order valence-corrected chi connectivity index (χ2v) is 4.01. The Morgan fingerprint density at radius 3 is 2.31 bits per heavy atom. The topological polar surface area (TPSA) is 88.0 Å². The molecule has 1 heterocycles. The highest BCUT2D eigenvalue weighted by molar-refractivity contribution is 5.76. The van der Waals surface area contributed by atoms with Crippen LogP contribution in [0.5, 0.6) is 0 Å². The summed E-state index contributed by atoms with van der Waals surface area (Å²) in [5.41, 5.74) is 1.48. The smallest absolute Gasteiger partial charge is 0.326 e. The van der Waals surface area contributed by atoms with Crippen molar-refractivity contribution in [3.05, 3.63) is 11.4 Å². The van der Waals surface area contributed by atoms with E-state index >= 15 is 0 Å². The summed E-state index contributed by atoms with van der Waals surface area (Å²) in [6.07, 6.45) is 0. The van der Waals surface area contributed by atoms with Crippen LogP contribution in [0, 0.1) is 19.8 Å². The third kappa shape index (κ3) is 2.88. The lowest BCUT2D eigenvalue weighted by Crippen LogP contribution is -2.35. The molecule has 0 amide bonds. The van der Waals surface area contributed by atoms with E-state index < -0.39 is 12.0 Å². The van der Waals surface area contributed by atoms with E-state index in [1.807, 2.05) is 13.8 Å². The number of nitrogens with zero attached hydrogens (tertiary/aromatic N) is 3. The second kappa shape index (κ2) is 4.87. The number of aromatic nitrogens is 3. The normalized spacial score (nSPS) is 12.6. The van der Waals surface area contributed by atoms with Gasteiger partial charge in [0.2, 0.25) is 5.95 Å². The van der Waals surface area contributed by atoms with Crippen LogP contribution in [0.3, 0.4) is 0 Å². The molecule has 1 atom stereocenters. The van der Waals surface area contributed by atoms with Crippen molar-refractivity contribution >= 4 is 11.9 Å². The fourth-order valence-corrected chi connectivity index (χ4v) is 1.17. The zero-order valence-electron chi connectivity index (χ0n) is 9.85. The molecule has 0 fully saturated rings. The maximum atomic E-state index is 11.0. The van der Waals surface area contributed by atoms with Crippen molar-refractivity contribution in [3.63, 3.8) is 0 Å². The molecule has 1 aromatic rings. The highest BCUT2D eigenvalue weighted by Crippen LogP contribution is 2.09. The molecule has 0 saturated carbocycles. The van der Waals surface area contributed by atoms with Crippen LogP contribution in [0.25, 0.3) is 0 Å². The van der Waals surface area contributed by atoms with Crippen molar-refractivity contribution in [1.82, 2.24) is 15.2 Å². The minimum Gasteiger partial charge on any atom is -0.480 e. The number of carboxylic acid groups (broad SMARTS) is 1. The molecular weight excluding hydrogens is 208 g/mol. The van der Waals surface area contributed by atoms with Crippen LogP contribution < -0.4 is 5.32 Å². The summed E-state index contributed by atoms with van der Waals surface area (Å²) < 4.78 is 0. The lowest BCUT2D eigenvalue weighted by molar-refractivity contribution is -0.138. The van der Waals surface area contributed by atoms with Crippen LogP contribution in [0.15, 0.2) is 0 Å². The van der Waals surface area contributed by atoms with Crippen LogP contribution >= 0.6 is 0 Å². The molecule has 0 aromatic carbocycles. The van der Waals surface area contributed by atoms with E-state index in [9.17, 15) is 4.79 Å². The van der Waals surface area contributed by atoms with E-state index in [-0.39, 0.29) is 11.9 Å². The number of hydrogen-bond acceptors (Lipinski definition) is 5. The quantitative estimate of drug-likeness (QED) is 0.793. The number of carbonyl (C=O) groups is 1. The number of aryl methyl sites for hydroxylation is 2. The van der Waals surface area contributed by atoms with Crippen molar-refractivity contribution in [2.24, 2.45) is 5.92 Å². The number of aliphatic carboxylic acids is 1. The molecular formula is C10H16N4O2. The fourth-order valence-electron chi connectivity index (χ4n) is 1.17. The van der Waals surface area contributed by atoms with E-state index in [0.29, 0.717) is 0 Å². The number of rotatable bonds is 4. The third-order valence-corrected chi connectivity index (χ3v) is 2.31. The summed E-state index contributed by atoms with van der Waals surface area (Å²) in [7, 11) is 0. The Morgan fingerprint density at radius 2 is 1.88 bits per heavy atom. The largest absolute Gasteiger partial charge is 0.480 e. The Hall–Kier alpha value is -1.72. The van der Waals surface area contributed by atoms with Gasteiger partial charge in [0.05, 0.1) is 11.4 Å². The number of anilines is 1. The summed E-state index contributed by atoms with van der Waals surface area (Å²) in [5.74, 6) is -0.719. The first-order chi connectivity index (χ1) is 7.41. The Morgan fingerprint density at radius 1 is 1.25 bits per heavy atom. The monoisotopic (exact) mass is 224 g/mol. The van der Waals surface area contributed by atoms with Crippen LogP contribution in [-0.4, -0.2) is 32.3 Å². The van der Waals surface area contributed by atoms with Crippen molar-refractivity contribution in [2.45, 2.75) is 33.7 Å². The fraction of sp³-hybridized carbons (Fsp3) is 0.600. The minimum absolute atomic E-state index is 0.0530. The molecule has 0 bridgehead atoms. The van der Waals surface area contributed by atoms with Gasteiger partial charge >= 0.3 is 5.97 Å². The summed E-state index contributed by atoms with van der Waals surface area (Å²) in [5, 5.41) is 19.4. The van der Waals surface area contributed by atoms with E-state index in [1.54, 1.807) is 13.8 Å². The van der Waals surface area contributed by atoms with Crippen molar-refractivity contribution in [2.75, 3.05) is 5.32 Å². The molecule has 0 saturated heterocycles. The SMILES string of the molecule is Cc1nnc(N[C@H](C(=O)O)C(C)C)nc1C. The summed E-state index contributed by atoms with van der Waals surface area (Å²) in [6.45, 7) is 7.25. The molecule has 16 heavy (non-hydrogen) atoms. The standard InChI is InChI=1S/C10H16N4O2/c1-5(2)8(9(15)16)12-10-11-6(3)7(4)13-14-10/h5,8H,1-4H3,(H,15,16)(H,11,12,14)/t8-/m0/s1. The van der Waals surface area contributed by atoms with Gasteiger partial charge in [-0.1, -0.05) is 13.8 Å². The van der Waals surface area contributed by atoms with Gasteiger partial charge in [0.15, 0.2) is 0 Å². The van der Waals surface area contributed by atoms with Crippen LogP contribution in [0.1, 0.15) is 25.2 Å². The molecule has 0 unspecified atom stereocenters. The Labute approximate surface area is 94.1 Å². The molecule has 0 aliphatic rings. The molecule has 0 radical (unpaired) electrons. The van der Waals surface area contributed by atoms with Gasteiger partial charge < -0.3 is 10.4 Å². The molecule has 6 heteroatoms. The van der Waals surface area contributed by atoms with Gasteiger partial charge in [0, 0.05) is 0 Å². The molecule has 1 aromatic heterocycles. The van der Waals surface area contributed by atoms with Crippen molar-refractivity contribution < 1.29 is 9.90 Å². The molecule has 0 aliphatic heterocycles. The highest BCUT2D eigenvalue weighted by atomic mass is 16.4. The second-order valence-electron chi connectivity index (χ2n) is 4.01. The predicted octanol–water partition coefficient (Wildman–Crippen LogP) is 1.01. The zero-order valence-corrected chi connectivity index (χ0v) is 9.85. The predicted molar refractivity (Wildman–Crippen MR) is 59.2 cm³/mol. The van der Waals surface area contributed by atoms with Gasteiger partial charge in [-0.2, -0.15) is 5.10 Å². The van der Waals surface area contributed by atoms with Gasteiger partial charge in [-0.15, -0.1) is 5.10 Å². The van der Waals surface area contributed by atoms with Crippen molar-refractivity contribution in [1.29, 1.82) is 0 Å². The first-order valence-corrected chi connectivity index (χ1v) is 5.09. The summed E-state index contributed by atoms with van der Waals surface area (Å²) in [6, 6.07) is -0.705. The van der Waals surface area contributed by atoms with Gasteiger partial charge in [0.25, 0.3) is 0 Å². The van der Waals surface area contributed by atoms with E-state index in [1.165, 1.54) is 0 Å². The Balaban J connectivity index is 2.86. The van der Waals surface area contributed by atoms with Crippen LogP contribution in [-0.2, 0) is 4.79 Å². The van der Waals surface area contributed by atoms with Gasteiger partial charge in [-0.3, -0.25) is 0 Å². The first-order valence-electron chi connectivity index (χ1n) is 5.09. The Bertz CT molecular complexity index is 392. The highest BCUT2D eigenvalue weighted by Gasteiger charge is 2.22. The first kappa shape index (κ1) is 12.4. The number of nitrogens with one attached hydrogen (secondary N) is 1. The van der Waals surface area contributed by atoms with Crippen LogP contribution in [0.2, 0.25) is 0 Å². The summed E-state index contributed by atoms with van der Waals surface area (Å²) in [4.78, 5) is 15.1. The number of carboxylic acids is 1. The molecule has 0 aliphatic carbocycles. The van der Waals surface area contributed by atoms with E-state index in [2.05, 4.69) is 20.5 Å². The zero-order chi connectivity index (χ0) is 12.3. The average Bonchev–Trinajstić information content (AvgIpc) is 2.18. The lowest BCUT2D eigenvalue weighted by atomic mass is 10.1. The maximum Gasteiger partial charge on any atom is 0.326 e.